The van der Waals surface area contributed by atoms with Gasteiger partial charge in [-0.15, -0.1) is 0 Å². The number of likely N-dealkylation sites (tertiary alicyclic amines) is 1. The predicted octanol–water partition coefficient (Wildman–Crippen LogP) is 0.631. The van der Waals surface area contributed by atoms with Crippen LogP contribution in [-0.2, 0) is 9.59 Å². The average molecular weight is 267 g/mol. The lowest BCUT2D eigenvalue weighted by molar-refractivity contribution is -0.133. The van der Waals surface area contributed by atoms with Crippen LogP contribution in [0.5, 0.6) is 0 Å². The van der Waals surface area contributed by atoms with Gasteiger partial charge in [0.2, 0.25) is 11.8 Å². The summed E-state index contributed by atoms with van der Waals surface area (Å²) in [5.41, 5.74) is 5.79. The van der Waals surface area contributed by atoms with Crippen LogP contribution in [0, 0.1) is 5.92 Å². The van der Waals surface area contributed by atoms with Crippen molar-refractivity contribution in [2.75, 3.05) is 13.1 Å². The maximum atomic E-state index is 11.9. The highest BCUT2D eigenvalue weighted by molar-refractivity contribution is 5.82. The third-order valence-electron chi connectivity index (χ3n) is 4.02. The molecule has 1 aliphatic heterocycles. The maximum absolute atomic E-state index is 11.9. The van der Waals surface area contributed by atoms with E-state index in [2.05, 4.69) is 5.32 Å². The van der Waals surface area contributed by atoms with E-state index in [4.69, 9.17) is 5.73 Å². The Morgan fingerprint density at radius 2 is 1.89 bits per heavy atom. The van der Waals surface area contributed by atoms with Crippen molar-refractivity contribution in [3.63, 3.8) is 0 Å². The number of nitrogens with zero attached hydrogens (tertiary/aromatic N) is 1. The van der Waals surface area contributed by atoms with Gasteiger partial charge in [0.1, 0.15) is 0 Å². The van der Waals surface area contributed by atoms with Gasteiger partial charge in [-0.2, -0.15) is 0 Å². The maximum Gasteiger partial charge on any atom is 0.237 e. The lowest BCUT2D eigenvalue weighted by Crippen LogP contribution is -2.50. The fraction of sp³-hybridized carbons (Fsp3) is 0.857. The van der Waals surface area contributed by atoms with E-state index in [1.165, 1.54) is 0 Å². The van der Waals surface area contributed by atoms with Crippen molar-refractivity contribution in [1.29, 1.82) is 0 Å². The van der Waals surface area contributed by atoms with E-state index in [0.29, 0.717) is 11.8 Å². The molecule has 3 N–H and O–H groups in total. The molecule has 5 heteroatoms. The summed E-state index contributed by atoms with van der Waals surface area (Å²) in [7, 11) is 0. The molecule has 0 aromatic carbocycles. The van der Waals surface area contributed by atoms with Crippen LogP contribution in [0.1, 0.15) is 45.4 Å². The van der Waals surface area contributed by atoms with Crippen molar-refractivity contribution < 1.29 is 9.59 Å². The van der Waals surface area contributed by atoms with Gasteiger partial charge in [-0.3, -0.25) is 9.59 Å². The van der Waals surface area contributed by atoms with Crippen LogP contribution in [0.2, 0.25) is 0 Å². The second-order valence-electron chi connectivity index (χ2n) is 5.78. The van der Waals surface area contributed by atoms with Crippen molar-refractivity contribution in [3.05, 3.63) is 0 Å². The third kappa shape index (κ3) is 3.93. The van der Waals surface area contributed by atoms with Gasteiger partial charge in [-0.25, -0.2) is 0 Å². The van der Waals surface area contributed by atoms with Crippen LogP contribution in [-0.4, -0.2) is 41.9 Å². The Bertz CT molecular complexity index is 334. The number of nitrogens with one attached hydrogen (secondary N) is 1. The molecular formula is C14H25N3O2. The van der Waals surface area contributed by atoms with Crippen molar-refractivity contribution in [3.8, 4) is 0 Å². The van der Waals surface area contributed by atoms with Crippen LogP contribution in [0.4, 0.5) is 0 Å². The van der Waals surface area contributed by atoms with Crippen LogP contribution in [0.25, 0.3) is 0 Å². The van der Waals surface area contributed by atoms with E-state index in [1.54, 1.807) is 0 Å². The molecule has 0 radical (unpaired) electrons. The van der Waals surface area contributed by atoms with Crippen molar-refractivity contribution in [2.24, 2.45) is 11.7 Å². The molecule has 2 fully saturated rings. The Morgan fingerprint density at radius 3 is 2.42 bits per heavy atom. The number of carbonyl (C=O) groups is 2. The summed E-state index contributed by atoms with van der Waals surface area (Å²) >= 11 is 0. The zero-order valence-electron chi connectivity index (χ0n) is 11.7. The first kappa shape index (κ1) is 14.3. The Morgan fingerprint density at radius 1 is 1.26 bits per heavy atom. The summed E-state index contributed by atoms with van der Waals surface area (Å²) in [6.07, 6.45) is 5.46. The summed E-state index contributed by atoms with van der Waals surface area (Å²) in [6.45, 7) is 3.56. The molecule has 2 aliphatic rings. The molecule has 0 spiro atoms. The molecule has 2 rings (SSSR count). The lowest BCUT2D eigenvalue weighted by Gasteiger charge is -2.33. The molecule has 0 unspecified atom stereocenters. The number of nitrogens with two attached hydrogens (primary N) is 1. The van der Waals surface area contributed by atoms with Gasteiger partial charge in [0.15, 0.2) is 0 Å². The zero-order chi connectivity index (χ0) is 13.8. The monoisotopic (exact) mass is 267 g/mol. The Hall–Kier alpha value is -1.10. The molecule has 1 aliphatic carbocycles. The normalized spacial score (nSPS) is 22.1. The first-order valence-electron chi connectivity index (χ1n) is 7.46. The van der Waals surface area contributed by atoms with Crippen molar-refractivity contribution in [2.45, 2.75) is 57.5 Å². The van der Waals surface area contributed by atoms with Gasteiger partial charge in [-0.1, -0.05) is 13.3 Å². The van der Waals surface area contributed by atoms with Gasteiger partial charge in [-0.05, 0) is 32.1 Å². The fourth-order valence-corrected chi connectivity index (χ4v) is 2.58. The van der Waals surface area contributed by atoms with Crippen molar-refractivity contribution >= 4 is 11.8 Å². The first-order valence-corrected chi connectivity index (χ1v) is 7.46. The standard InChI is InChI=1S/C14H25N3O2/c1-2-3-12(15)13(18)16-11-6-8-17(9-7-11)14(19)10-4-5-10/h10-12H,2-9,15H2,1H3,(H,16,18)/t12-/m1/s1. The third-order valence-corrected chi connectivity index (χ3v) is 4.02. The Labute approximate surface area is 114 Å². The number of hydrogen-bond donors (Lipinski definition) is 2. The van der Waals surface area contributed by atoms with Gasteiger partial charge in [0.25, 0.3) is 0 Å². The van der Waals surface area contributed by atoms with Crippen LogP contribution < -0.4 is 11.1 Å². The molecule has 1 heterocycles. The quantitative estimate of drug-likeness (QED) is 0.767. The minimum absolute atomic E-state index is 0.0474. The Kier molecular flexibility index (Phi) is 4.80. The zero-order valence-corrected chi connectivity index (χ0v) is 11.7. The lowest BCUT2D eigenvalue weighted by atomic mass is 10.0. The highest BCUT2D eigenvalue weighted by Gasteiger charge is 2.35. The molecule has 5 nitrogen and oxygen atoms in total. The van der Waals surface area contributed by atoms with E-state index < -0.39 is 6.04 Å². The number of hydrogen-bond acceptors (Lipinski definition) is 3. The molecule has 0 bridgehead atoms. The largest absolute Gasteiger partial charge is 0.352 e. The smallest absolute Gasteiger partial charge is 0.237 e. The predicted molar refractivity (Wildman–Crippen MR) is 73.4 cm³/mol. The minimum atomic E-state index is -0.392. The van der Waals surface area contributed by atoms with Crippen LogP contribution in [0.3, 0.4) is 0 Å². The van der Waals surface area contributed by atoms with Crippen LogP contribution >= 0.6 is 0 Å². The van der Waals surface area contributed by atoms with Crippen LogP contribution in [0.15, 0.2) is 0 Å². The topological polar surface area (TPSA) is 75.4 Å². The molecule has 1 atom stereocenters. The molecule has 0 aromatic heterocycles. The first-order chi connectivity index (χ1) is 9.11. The summed E-state index contributed by atoms with van der Waals surface area (Å²) in [5, 5.41) is 3.01. The van der Waals surface area contributed by atoms with Gasteiger partial charge in [0.05, 0.1) is 6.04 Å². The second-order valence-corrected chi connectivity index (χ2v) is 5.78. The molecule has 0 aromatic rings. The SMILES string of the molecule is CCC[C@@H](N)C(=O)NC1CCN(C(=O)C2CC2)CC1. The molecule has 19 heavy (non-hydrogen) atoms. The summed E-state index contributed by atoms with van der Waals surface area (Å²) in [6, 6.07) is -0.213. The number of rotatable bonds is 5. The Balaban J connectivity index is 1.70. The molecule has 1 saturated carbocycles. The van der Waals surface area contributed by atoms with E-state index in [0.717, 1.165) is 51.6 Å². The fourth-order valence-electron chi connectivity index (χ4n) is 2.58. The molecule has 2 amide bonds. The van der Waals surface area contributed by atoms with Gasteiger partial charge < -0.3 is 16.0 Å². The minimum Gasteiger partial charge on any atom is -0.352 e. The summed E-state index contributed by atoms with van der Waals surface area (Å²) < 4.78 is 0. The molecule has 1 saturated heterocycles. The average Bonchev–Trinajstić information content (AvgIpc) is 3.23. The second kappa shape index (κ2) is 6.37. The van der Waals surface area contributed by atoms with Gasteiger partial charge in [0, 0.05) is 25.0 Å². The van der Waals surface area contributed by atoms with E-state index in [-0.39, 0.29) is 11.9 Å². The molecular weight excluding hydrogens is 242 g/mol. The molecule has 108 valence electrons. The highest BCUT2D eigenvalue weighted by Crippen LogP contribution is 2.31. The number of amides is 2. The van der Waals surface area contributed by atoms with Crippen molar-refractivity contribution in [1.82, 2.24) is 10.2 Å². The van der Waals surface area contributed by atoms with E-state index in [1.807, 2.05) is 11.8 Å². The summed E-state index contributed by atoms with van der Waals surface area (Å²) in [4.78, 5) is 25.7. The van der Waals surface area contributed by atoms with E-state index in [9.17, 15) is 9.59 Å². The number of carbonyl (C=O) groups excluding carboxylic acids is 2. The van der Waals surface area contributed by atoms with E-state index >= 15 is 0 Å². The summed E-state index contributed by atoms with van der Waals surface area (Å²) in [5.74, 6) is 0.561. The number of piperidine rings is 1. The highest BCUT2D eigenvalue weighted by atomic mass is 16.2. The van der Waals surface area contributed by atoms with Gasteiger partial charge >= 0.3 is 0 Å².